The minimum atomic E-state index is -0.405. The zero-order chi connectivity index (χ0) is 15.4. The van der Waals surface area contributed by atoms with Gasteiger partial charge in [0.1, 0.15) is 6.04 Å². The van der Waals surface area contributed by atoms with Gasteiger partial charge in [-0.3, -0.25) is 14.5 Å². The topological polar surface area (TPSA) is 61.9 Å². The number of rotatable bonds is 6. The summed E-state index contributed by atoms with van der Waals surface area (Å²) in [6.07, 6.45) is 4.73. The fourth-order valence-corrected chi connectivity index (χ4v) is 2.84. The fourth-order valence-electron chi connectivity index (χ4n) is 2.84. The molecule has 1 amide bonds. The maximum Gasteiger partial charge on any atom is 0.322 e. The van der Waals surface area contributed by atoms with E-state index in [1.807, 2.05) is 0 Å². The van der Waals surface area contributed by atoms with E-state index in [-0.39, 0.29) is 24.5 Å². The van der Waals surface area contributed by atoms with E-state index in [9.17, 15) is 9.59 Å². The van der Waals surface area contributed by atoms with Crippen LogP contribution in [0.25, 0.3) is 0 Å². The lowest BCUT2D eigenvalue weighted by atomic mass is 10.0. The van der Waals surface area contributed by atoms with Crippen LogP contribution < -0.4 is 5.32 Å². The molecule has 21 heavy (non-hydrogen) atoms. The van der Waals surface area contributed by atoms with Crippen LogP contribution in [0.5, 0.6) is 0 Å². The average Bonchev–Trinajstić information content (AvgIpc) is 3.30. The van der Waals surface area contributed by atoms with Crippen molar-refractivity contribution in [2.75, 3.05) is 33.8 Å². The van der Waals surface area contributed by atoms with Crippen LogP contribution in [0.15, 0.2) is 0 Å². The summed E-state index contributed by atoms with van der Waals surface area (Å²) in [4.78, 5) is 27.7. The van der Waals surface area contributed by atoms with Gasteiger partial charge in [0.2, 0.25) is 5.91 Å². The van der Waals surface area contributed by atoms with Gasteiger partial charge in [-0.15, -0.1) is 0 Å². The van der Waals surface area contributed by atoms with Gasteiger partial charge in [0, 0.05) is 25.2 Å². The number of carbonyl (C=O) groups is 2. The standard InChI is InChI=1S/C15H27N3O3/c1-11(15(20)21-3)17(2)10-14(19)16-12-6-8-18(9-7-12)13-4-5-13/h11-13H,4-10H2,1-3H3,(H,16,19). The fraction of sp³-hybridized carbons (Fsp3) is 0.867. The molecule has 120 valence electrons. The summed E-state index contributed by atoms with van der Waals surface area (Å²) in [6.45, 7) is 4.14. The van der Waals surface area contributed by atoms with Gasteiger partial charge in [0.15, 0.2) is 0 Å². The number of hydrogen-bond donors (Lipinski definition) is 1. The summed E-state index contributed by atoms with van der Waals surface area (Å²) in [5, 5.41) is 3.08. The second-order valence-corrected chi connectivity index (χ2v) is 6.22. The highest BCUT2D eigenvalue weighted by Gasteiger charge is 2.32. The first-order chi connectivity index (χ1) is 10.0. The molecular weight excluding hydrogens is 270 g/mol. The molecule has 1 heterocycles. The van der Waals surface area contributed by atoms with Crippen molar-refractivity contribution >= 4 is 11.9 Å². The first-order valence-corrected chi connectivity index (χ1v) is 7.82. The van der Waals surface area contributed by atoms with Crippen LogP contribution in [0, 0.1) is 0 Å². The number of piperidine rings is 1. The number of hydrogen-bond acceptors (Lipinski definition) is 5. The van der Waals surface area contributed by atoms with Gasteiger partial charge >= 0.3 is 5.97 Å². The second-order valence-electron chi connectivity index (χ2n) is 6.22. The van der Waals surface area contributed by atoms with Crippen LogP contribution in [-0.2, 0) is 14.3 Å². The van der Waals surface area contributed by atoms with Gasteiger partial charge in [-0.2, -0.15) is 0 Å². The maximum absolute atomic E-state index is 12.0. The number of likely N-dealkylation sites (tertiary alicyclic amines) is 1. The molecule has 1 aliphatic heterocycles. The van der Waals surface area contributed by atoms with Crippen molar-refractivity contribution in [3.8, 4) is 0 Å². The number of nitrogens with one attached hydrogen (secondary N) is 1. The van der Waals surface area contributed by atoms with Crippen LogP contribution in [-0.4, -0.2) is 73.6 Å². The number of methoxy groups -OCH3 is 1. The molecule has 2 aliphatic rings. The highest BCUT2D eigenvalue weighted by atomic mass is 16.5. The van der Waals surface area contributed by atoms with E-state index in [1.165, 1.54) is 20.0 Å². The zero-order valence-electron chi connectivity index (χ0n) is 13.3. The Bertz CT molecular complexity index is 376. The van der Waals surface area contributed by atoms with Gasteiger partial charge in [-0.05, 0) is 39.7 Å². The monoisotopic (exact) mass is 297 g/mol. The van der Waals surface area contributed by atoms with Gasteiger partial charge in [-0.1, -0.05) is 0 Å². The largest absolute Gasteiger partial charge is 0.468 e. The van der Waals surface area contributed by atoms with Gasteiger partial charge in [-0.25, -0.2) is 0 Å². The summed E-state index contributed by atoms with van der Waals surface area (Å²) in [6, 6.07) is 0.681. The summed E-state index contributed by atoms with van der Waals surface area (Å²) in [7, 11) is 3.12. The van der Waals surface area contributed by atoms with Crippen molar-refractivity contribution in [2.45, 2.75) is 50.7 Å². The van der Waals surface area contributed by atoms with Crippen LogP contribution in [0.3, 0.4) is 0 Å². The summed E-state index contributed by atoms with van der Waals surface area (Å²) < 4.78 is 4.69. The summed E-state index contributed by atoms with van der Waals surface area (Å²) in [5.74, 6) is -0.332. The first kappa shape index (κ1) is 16.2. The van der Waals surface area contributed by atoms with Gasteiger partial charge in [0.05, 0.1) is 13.7 Å². The molecule has 1 aliphatic carbocycles. The lowest BCUT2D eigenvalue weighted by Crippen LogP contribution is -2.49. The van der Waals surface area contributed by atoms with Crippen molar-refractivity contribution in [1.82, 2.24) is 15.1 Å². The summed E-state index contributed by atoms with van der Waals surface area (Å²) >= 11 is 0. The Kier molecular flexibility index (Phi) is 5.58. The molecule has 6 heteroatoms. The molecule has 2 fully saturated rings. The number of nitrogens with zero attached hydrogens (tertiary/aromatic N) is 2. The zero-order valence-corrected chi connectivity index (χ0v) is 13.3. The van der Waals surface area contributed by atoms with E-state index >= 15 is 0 Å². The number of esters is 1. The van der Waals surface area contributed by atoms with Crippen molar-refractivity contribution in [1.29, 1.82) is 0 Å². The molecule has 0 bridgehead atoms. The Morgan fingerprint density at radius 2 is 1.90 bits per heavy atom. The van der Waals surface area contributed by atoms with E-state index in [0.717, 1.165) is 32.0 Å². The molecule has 1 N–H and O–H groups in total. The predicted molar refractivity (Wildman–Crippen MR) is 79.9 cm³/mol. The minimum Gasteiger partial charge on any atom is -0.468 e. The third kappa shape index (κ3) is 4.68. The Labute approximate surface area is 126 Å². The van der Waals surface area contributed by atoms with E-state index in [2.05, 4.69) is 15.0 Å². The molecule has 1 atom stereocenters. The molecular formula is C15H27N3O3. The van der Waals surface area contributed by atoms with E-state index in [4.69, 9.17) is 0 Å². The van der Waals surface area contributed by atoms with Gasteiger partial charge in [0.25, 0.3) is 0 Å². The molecule has 0 aromatic carbocycles. The molecule has 0 aromatic heterocycles. The quantitative estimate of drug-likeness (QED) is 0.711. The molecule has 2 rings (SSSR count). The van der Waals surface area contributed by atoms with Crippen LogP contribution in [0.2, 0.25) is 0 Å². The van der Waals surface area contributed by atoms with E-state index in [1.54, 1.807) is 18.9 Å². The van der Waals surface area contributed by atoms with Crippen molar-refractivity contribution in [2.24, 2.45) is 0 Å². The van der Waals surface area contributed by atoms with Crippen molar-refractivity contribution in [3.05, 3.63) is 0 Å². The SMILES string of the molecule is COC(=O)C(C)N(C)CC(=O)NC1CCN(C2CC2)CC1. The summed E-state index contributed by atoms with van der Waals surface area (Å²) in [5.41, 5.74) is 0. The highest BCUT2D eigenvalue weighted by Crippen LogP contribution is 2.29. The average molecular weight is 297 g/mol. The van der Waals surface area contributed by atoms with Gasteiger partial charge < -0.3 is 15.0 Å². The predicted octanol–water partition coefficient (Wildman–Crippen LogP) is 0.223. The maximum atomic E-state index is 12.0. The first-order valence-electron chi connectivity index (χ1n) is 7.82. The van der Waals surface area contributed by atoms with Crippen LogP contribution >= 0.6 is 0 Å². The second kappa shape index (κ2) is 7.22. The lowest BCUT2D eigenvalue weighted by Gasteiger charge is -2.32. The number of amides is 1. The molecule has 0 spiro atoms. The molecule has 1 saturated heterocycles. The Morgan fingerprint density at radius 3 is 2.43 bits per heavy atom. The van der Waals surface area contributed by atoms with E-state index in [0.29, 0.717) is 0 Å². The molecule has 1 saturated carbocycles. The Hall–Kier alpha value is -1.14. The Balaban J connectivity index is 1.68. The third-order valence-corrected chi connectivity index (χ3v) is 4.55. The Morgan fingerprint density at radius 1 is 1.29 bits per heavy atom. The third-order valence-electron chi connectivity index (χ3n) is 4.55. The normalized spacial score (nSPS) is 22.1. The highest BCUT2D eigenvalue weighted by molar-refractivity contribution is 5.80. The number of carbonyl (C=O) groups excluding carboxylic acids is 2. The smallest absolute Gasteiger partial charge is 0.322 e. The number of likely N-dealkylation sites (N-methyl/N-ethyl adjacent to an activating group) is 1. The van der Waals surface area contributed by atoms with Crippen LogP contribution in [0.4, 0.5) is 0 Å². The lowest BCUT2D eigenvalue weighted by molar-refractivity contribution is -0.146. The van der Waals surface area contributed by atoms with Crippen molar-refractivity contribution in [3.63, 3.8) is 0 Å². The molecule has 1 unspecified atom stereocenters. The minimum absolute atomic E-state index is 0.0156. The van der Waals surface area contributed by atoms with E-state index < -0.39 is 6.04 Å². The molecule has 0 radical (unpaired) electrons. The molecule has 6 nitrogen and oxygen atoms in total. The molecule has 0 aromatic rings. The van der Waals surface area contributed by atoms with Crippen molar-refractivity contribution < 1.29 is 14.3 Å². The van der Waals surface area contributed by atoms with Crippen LogP contribution in [0.1, 0.15) is 32.6 Å². The number of ether oxygens (including phenoxy) is 1.